The lowest BCUT2D eigenvalue weighted by Gasteiger charge is -2.18. The van der Waals surface area contributed by atoms with Crippen molar-refractivity contribution in [3.05, 3.63) is 29.1 Å². The Kier molecular flexibility index (Phi) is 2.97. The third-order valence-electron chi connectivity index (χ3n) is 4.80. The van der Waals surface area contributed by atoms with Crippen molar-refractivity contribution in [2.24, 2.45) is 0 Å². The molecule has 0 saturated carbocycles. The molecule has 4 rings (SSSR count). The van der Waals surface area contributed by atoms with Crippen LogP contribution in [0.2, 0.25) is 0 Å². The van der Waals surface area contributed by atoms with Gasteiger partial charge in [0.05, 0.1) is 0 Å². The van der Waals surface area contributed by atoms with E-state index in [4.69, 9.17) is 0 Å². The minimum Gasteiger partial charge on any atom is -0.346 e. The Bertz CT molecular complexity index is 506. The van der Waals surface area contributed by atoms with Crippen LogP contribution in [0.5, 0.6) is 0 Å². The first kappa shape index (κ1) is 11.7. The molecule has 19 heavy (non-hydrogen) atoms. The number of likely N-dealkylation sites (tertiary alicyclic amines) is 1. The van der Waals surface area contributed by atoms with Crippen LogP contribution in [0, 0.1) is 0 Å². The smallest absolute Gasteiger partial charge is 0.0485 e. The highest BCUT2D eigenvalue weighted by atomic mass is 15.1. The second-order valence-electron chi connectivity index (χ2n) is 6.10. The normalized spacial score (nSPS) is 23.1. The minimum atomic E-state index is 1.06. The van der Waals surface area contributed by atoms with E-state index in [2.05, 4.69) is 27.1 Å². The van der Waals surface area contributed by atoms with Crippen LogP contribution in [0.3, 0.4) is 0 Å². The van der Waals surface area contributed by atoms with Crippen molar-refractivity contribution in [3.63, 3.8) is 0 Å². The van der Waals surface area contributed by atoms with Gasteiger partial charge in [-0.1, -0.05) is 6.08 Å². The van der Waals surface area contributed by atoms with Gasteiger partial charge in [0.15, 0.2) is 0 Å². The molecule has 0 spiro atoms. The van der Waals surface area contributed by atoms with Crippen molar-refractivity contribution >= 4 is 5.57 Å². The van der Waals surface area contributed by atoms with Crippen molar-refractivity contribution in [1.82, 2.24) is 14.8 Å². The van der Waals surface area contributed by atoms with Gasteiger partial charge in [-0.15, -0.1) is 0 Å². The molecule has 0 atom stereocenters. The second kappa shape index (κ2) is 4.80. The molecule has 3 heteroatoms. The van der Waals surface area contributed by atoms with E-state index in [0.717, 1.165) is 19.6 Å². The minimum absolute atomic E-state index is 1.06. The van der Waals surface area contributed by atoms with Crippen LogP contribution in [-0.2, 0) is 19.5 Å². The molecule has 102 valence electrons. The molecule has 1 aliphatic carbocycles. The van der Waals surface area contributed by atoms with E-state index >= 15 is 0 Å². The van der Waals surface area contributed by atoms with Gasteiger partial charge in [0.1, 0.15) is 0 Å². The Morgan fingerprint density at radius 2 is 2.05 bits per heavy atom. The zero-order valence-electron chi connectivity index (χ0n) is 11.6. The maximum absolute atomic E-state index is 3.54. The molecule has 3 heterocycles. The highest BCUT2D eigenvalue weighted by Crippen LogP contribution is 2.32. The van der Waals surface area contributed by atoms with Gasteiger partial charge in [0.25, 0.3) is 0 Å². The lowest BCUT2D eigenvalue weighted by atomic mass is 9.94. The monoisotopic (exact) mass is 257 g/mol. The molecule has 0 bridgehead atoms. The fraction of sp³-hybridized carbons (Fsp3) is 0.625. The van der Waals surface area contributed by atoms with Crippen LogP contribution < -0.4 is 5.32 Å². The SMILES string of the molecule is C1=C2CNCCn3cc(CN4CCCC4)c(c32)CC1. The first-order valence-corrected chi connectivity index (χ1v) is 7.75. The number of allylic oxidation sites excluding steroid dienone is 1. The largest absolute Gasteiger partial charge is 0.346 e. The van der Waals surface area contributed by atoms with Crippen LogP contribution >= 0.6 is 0 Å². The van der Waals surface area contributed by atoms with E-state index in [1.807, 2.05) is 0 Å². The average Bonchev–Trinajstić information content (AvgIpc) is 2.99. The van der Waals surface area contributed by atoms with E-state index in [1.165, 1.54) is 50.9 Å². The summed E-state index contributed by atoms with van der Waals surface area (Å²) in [4.78, 5) is 2.63. The molecule has 2 aliphatic heterocycles. The topological polar surface area (TPSA) is 20.2 Å². The quantitative estimate of drug-likeness (QED) is 0.874. The maximum Gasteiger partial charge on any atom is 0.0485 e. The standard InChI is InChI=1S/C16H23N3/c1-2-8-18(7-1)11-14-12-19-9-6-17-10-13-4-3-5-15(14)16(13)19/h4,12,17H,1-3,5-11H2. The summed E-state index contributed by atoms with van der Waals surface area (Å²) in [6.45, 7) is 7.05. The van der Waals surface area contributed by atoms with E-state index in [1.54, 1.807) is 16.8 Å². The zero-order chi connectivity index (χ0) is 12.7. The van der Waals surface area contributed by atoms with Crippen molar-refractivity contribution in [2.45, 2.75) is 38.8 Å². The predicted molar refractivity (Wildman–Crippen MR) is 78.1 cm³/mol. The molecule has 1 fully saturated rings. The maximum atomic E-state index is 3.54. The summed E-state index contributed by atoms with van der Waals surface area (Å²) >= 11 is 0. The van der Waals surface area contributed by atoms with E-state index < -0.39 is 0 Å². The molecule has 3 aliphatic rings. The number of nitrogens with zero attached hydrogens (tertiary/aromatic N) is 2. The molecule has 1 aromatic rings. The van der Waals surface area contributed by atoms with Crippen LogP contribution in [0.1, 0.15) is 36.1 Å². The summed E-state index contributed by atoms with van der Waals surface area (Å²) in [5, 5.41) is 3.54. The molecule has 1 aromatic heterocycles. The average molecular weight is 257 g/mol. The van der Waals surface area contributed by atoms with E-state index in [9.17, 15) is 0 Å². The van der Waals surface area contributed by atoms with E-state index in [0.29, 0.717) is 0 Å². The van der Waals surface area contributed by atoms with Gasteiger partial charge in [0.2, 0.25) is 0 Å². The van der Waals surface area contributed by atoms with Crippen LogP contribution in [-0.4, -0.2) is 35.6 Å². The van der Waals surface area contributed by atoms with Gasteiger partial charge in [-0.05, 0) is 55.5 Å². The first-order chi connectivity index (χ1) is 9.42. The zero-order valence-corrected chi connectivity index (χ0v) is 11.6. The third-order valence-corrected chi connectivity index (χ3v) is 4.80. The summed E-state index contributed by atoms with van der Waals surface area (Å²) in [6, 6.07) is 0. The van der Waals surface area contributed by atoms with E-state index in [-0.39, 0.29) is 0 Å². The molecule has 0 aromatic carbocycles. The molecule has 0 amide bonds. The van der Waals surface area contributed by atoms with Crippen LogP contribution in [0.4, 0.5) is 0 Å². The number of aromatic nitrogens is 1. The Morgan fingerprint density at radius 1 is 1.16 bits per heavy atom. The lowest BCUT2D eigenvalue weighted by molar-refractivity contribution is 0.330. The van der Waals surface area contributed by atoms with Gasteiger partial charge >= 0.3 is 0 Å². The van der Waals surface area contributed by atoms with Crippen molar-refractivity contribution < 1.29 is 0 Å². The third kappa shape index (κ3) is 2.05. The number of hydrogen-bond donors (Lipinski definition) is 1. The fourth-order valence-corrected chi connectivity index (χ4v) is 3.87. The van der Waals surface area contributed by atoms with Crippen molar-refractivity contribution in [3.8, 4) is 0 Å². The number of nitrogens with one attached hydrogen (secondary N) is 1. The Labute approximate surface area is 115 Å². The Balaban J connectivity index is 1.70. The molecule has 1 N–H and O–H groups in total. The Hall–Kier alpha value is -1.06. The van der Waals surface area contributed by atoms with Crippen LogP contribution in [0.25, 0.3) is 5.57 Å². The van der Waals surface area contributed by atoms with Gasteiger partial charge < -0.3 is 9.88 Å². The highest BCUT2D eigenvalue weighted by Gasteiger charge is 2.24. The Morgan fingerprint density at radius 3 is 2.95 bits per heavy atom. The highest BCUT2D eigenvalue weighted by molar-refractivity contribution is 5.71. The van der Waals surface area contributed by atoms with Gasteiger partial charge in [-0.25, -0.2) is 0 Å². The summed E-state index contributed by atoms with van der Waals surface area (Å²) in [5.41, 5.74) is 6.33. The van der Waals surface area contributed by atoms with Gasteiger partial charge in [-0.3, -0.25) is 4.90 Å². The van der Waals surface area contributed by atoms with Gasteiger partial charge in [-0.2, -0.15) is 0 Å². The van der Waals surface area contributed by atoms with Crippen molar-refractivity contribution in [1.29, 1.82) is 0 Å². The van der Waals surface area contributed by atoms with Crippen LogP contribution in [0.15, 0.2) is 12.3 Å². The second-order valence-corrected chi connectivity index (χ2v) is 6.10. The summed E-state index contributed by atoms with van der Waals surface area (Å²) in [5.74, 6) is 0. The molecular weight excluding hydrogens is 234 g/mol. The van der Waals surface area contributed by atoms with Crippen molar-refractivity contribution in [2.75, 3.05) is 26.2 Å². The first-order valence-electron chi connectivity index (χ1n) is 7.75. The summed E-state index contributed by atoms with van der Waals surface area (Å²) in [6.07, 6.45) is 10.1. The molecule has 3 nitrogen and oxygen atoms in total. The number of hydrogen-bond acceptors (Lipinski definition) is 2. The van der Waals surface area contributed by atoms with Gasteiger partial charge in [0, 0.05) is 38.1 Å². The molecule has 0 unspecified atom stereocenters. The predicted octanol–water partition coefficient (Wildman–Crippen LogP) is 2.02. The molecular formula is C16H23N3. The number of rotatable bonds is 2. The molecule has 1 saturated heterocycles. The lowest BCUT2D eigenvalue weighted by Crippen LogP contribution is -2.20. The summed E-state index contributed by atoms with van der Waals surface area (Å²) < 4.78 is 2.51. The summed E-state index contributed by atoms with van der Waals surface area (Å²) in [7, 11) is 0. The molecule has 0 radical (unpaired) electrons. The fourth-order valence-electron chi connectivity index (χ4n) is 3.87.